The van der Waals surface area contributed by atoms with Gasteiger partial charge in [-0.25, -0.2) is 0 Å². The van der Waals surface area contributed by atoms with Gasteiger partial charge in [0, 0.05) is 49.9 Å². The molecule has 7 heteroatoms. The molecule has 0 aliphatic carbocycles. The molecule has 2 aliphatic heterocycles. The average Bonchev–Trinajstić information content (AvgIpc) is 3.03. The number of piperazine rings is 1. The normalized spacial score (nSPS) is 18.2. The molecule has 1 atom stereocenters. The first-order valence-electron chi connectivity index (χ1n) is 14.1. The molecule has 6 nitrogen and oxygen atoms in total. The van der Waals surface area contributed by atoms with E-state index >= 15 is 0 Å². The van der Waals surface area contributed by atoms with Crippen LogP contribution in [0.15, 0.2) is 97.1 Å². The van der Waals surface area contributed by atoms with Gasteiger partial charge in [0.15, 0.2) is 5.82 Å². The van der Waals surface area contributed by atoms with Gasteiger partial charge in [-0.2, -0.15) is 0 Å². The van der Waals surface area contributed by atoms with Gasteiger partial charge in [0.2, 0.25) is 5.91 Å². The molecule has 0 radical (unpaired) electrons. The summed E-state index contributed by atoms with van der Waals surface area (Å²) in [7, 11) is 0. The first kappa shape index (κ1) is 26.5. The van der Waals surface area contributed by atoms with Gasteiger partial charge in [0.1, 0.15) is 0 Å². The van der Waals surface area contributed by atoms with Crippen LogP contribution in [0.3, 0.4) is 0 Å². The lowest BCUT2D eigenvalue weighted by Crippen LogP contribution is -2.53. The van der Waals surface area contributed by atoms with Crippen molar-refractivity contribution in [3.05, 3.63) is 113 Å². The molecule has 40 heavy (non-hydrogen) atoms. The van der Waals surface area contributed by atoms with Crippen molar-refractivity contribution in [3.63, 3.8) is 0 Å². The van der Waals surface area contributed by atoms with Gasteiger partial charge < -0.3 is 9.80 Å². The summed E-state index contributed by atoms with van der Waals surface area (Å²) >= 11 is 6.02. The number of amides is 1. The van der Waals surface area contributed by atoms with Gasteiger partial charge in [0.25, 0.3) is 0 Å². The molecule has 0 saturated carbocycles. The minimum absolute atomic E-state index is 0.0166. The predicted octanol–water partition coefficient (Wildman–Crippen LogP) is 5.95. The van der Waals surface area contributed by atoms with E-state index in [1.807, 2.05) is 36.4 Å². The highest BCUT2D eigenvalue weighted by Gasteiger charge is 2.33. The van der Waals surface area contributed by atoms with Crippen LogP contribution in [0.4, 0.5) is 5.82 Å². The molecule has 2 aliphatic rings. The van der Waals surface area contributed by atoms with Crippen molar-refractivity contribution in [1.29, 1.82) is 0 Å². The van der Waals surface area contributed by atoms with Crippen molar-refractivity contribution in [2.75, 3.05) is 44.2 Å². The van der Waals surface area contributed by atoms with E-state index < -0.39 is 0 Å². The number of nitrogens with zero attached hydrogens (tertiary/aromatic N) is 5. The third-order valence-corrected chi connectivity index (χ3v) is 8.36. The monoisotopic (exact) mass is 551 g/mol. The van der Waals surface area contributed by atoms with Gasteiger partial charge in [-0.3, -0.25) is 9.69 Å². The number of carbonyl (C=O) groups excluding carboxylic acids is 1. The second-order valence-corrected chi connectivity index (χ2v) is 11.1. The molecule has 0 bridgehead atoms. The van der Waals surface area contributed by atoms with E-state index in [0.717, 1.165) is 62.6 Å². The Balaban J connectivity index is 1.09. The summed E-state index contributed by atoms with van der Waals surface area (Å²) in [6.45, 7) is 4.79. The number of rotatable bonds is 6. The molecule has 6 rings (SSSR count). The van der Waals surface area contributed by atoms with E-state index in [1.165, 1.54) is 11.1 Å². The Hall–Kier alpha value is -3.74. The number of piperidine rings is 1. The highest BCUT2D eigenvalue weighted by atomic mass is 35.5. The number of hydrogen-bond donors (Lipinski definition) is 0. The molecule has 1 aromatic heterocycles. The lowest BCUT2D eigenvalue weighted by Gasteiger charge is -2.42. The number of aromatic nitrogens is 2. The fourth-order valence-corrected chi connectivity index (χ4v) is 6.12. The summed E-state index contributed by atoms with van der Waals surface area (Å²) in [5.74, 6) is 1.08. The van der Waals surface area contributed by atoms with E-state index in [-0.39, 0.29) is 17.9 Å². The zero-order valence-electron chi connectivity index (χ0n) is 22.6. The second kappa shape index (κ2) is 12.2. The van der Waals surface area contributed by atoms with Gasteiger partial charge >= 0.3 is 0 Å². The van der Waals surface area contributed by atoms with E-state index in [0.29, 0.717) is 11.6 Å². The fourth-order valence-electron chi connectivity index (χ4n) is 6.00. The molecule has 1 amide bonds. The Kier molecular flexibility index (Phi) is 8.07. The molecule has 3 heterocycles. The molecule has 1 unspecified atom stereocenters. The number of carbonyl (C=O) groups is 1. The fraction of sp³-hybridized carbons (Fsp3) is 0.303. The van der Waals surface area contributed by atoms with Crippen LogP contribution in [0.5, 0.6) is 0 Å². The van der Waals surface area contributed by atoms with Crippen LogP contribution >= 0.6 is 11.6 Å². The third kappa shape index (κ3) is 5.88. The van der Waals surface area contributed by atoms with Crippen molar-refractivity contribution in [2.24, 2.45) is 5.92 Å². The summed E-state index contributed by atoms with van der Waals surface area (Å²) in [6.07, 6.45) is 1.89. The smallest absolute Gasteiger partial charge is 0.227 e. The predicted molar refractivity (Wildman–Crippen MR) is 160 cm³/mol. The Morgan fingerprint density at radius 1 is 0.750 bits per heavy atom. The van der Waals surface area contributed by atoms with E-state index in [1.54, 1.807) is 0 Å². The zero-order chi connectivity index (χ0) is 27.3. The molecule has 4 aromatic rings. The largest absolute Gasteiger partial charge is 0.354 e. The minimum atomic E-state index is -0.0166. The van der Waals surface area contributed by atoms with Gasteiger partial charge in [-0.05, 0) is 48.2 Å². The van der Waals surface area contributed by atoms with Crippen LogP contribution < -0.4 is 4.90 Å². The third-order valence-electron chi connectivity index (χ3n) is 8.11. The summed E-state index contributed by atoms with van der Waals surface area (Å²) in [4.78, 5) is 20.4. The number of halogens is 1. The molecule has 3 aromatic carbocycles. The summed E-state index contributed by atoms with van der Waals surface area (Å²) in [5, 5.41) is 9.66. The maximum Gasteiger partial charge on any atom is 0.227 e. The van der Waals surface area contributed by atoms with Crippen LogP contribution in [0, 0.1) is 5.92 Å². The SMILES string of the molecule is O=C(C1CCCN(c2ccc(-c3ccc(Cl)cc3)nn2)C1)N1CCN(C(c2ccccc2)c2ccccc2)CC1. The van der Waals surface area contributed by atoms with Crippen molar-refractivity contribution < 1.29 is 4.79 Å². The second-order valence-electron chi connectivity index (χ2n) is 10.7. The lowest BCUT2D eigenvalue weighted by atomic mass is 9.95. The Morgan fingerprint density at radius 3 is 2.00 bits per heavy atom. The topological polar surface area (TPSA) is 52.6 Å². The van der Waals surface area contributed by atoms with Gasteiger partial charge in [-0.15, -0.1) is 10.2 Å². The van der Waals surface area contributed by atoms with Gasteiger partial charge in [-0.1, -0.05) is 84.4 Å². The molecular formula is C33H34ClN5O. The molecular weight excluding hydrogens is 518 g/mol. The Bertz CT molecular complexity index is 1350. The lowest BCUT2D eigenvalue weighted by molar-refractivity contribution is -0.137. The summed E-state index contributed by atoms with van der Waals surface area (Å²) < 4.78 is 0. The first-order valence-corrected chi connectivity index (χ1v) is 14.5. The van der Waals surface area contributed by atoms with Crippen LogP contribution in [0.1, 0.15) is 30.0 Å². The highest BCUT2D eigenvalue weighted by molar-refractivity contribution is 6.30. The Labute approximate surface area is 241 Å². The molecule has 0 N–H and O–H groups in total. The van der Waals surface area contributed by atoms with E-state index in [9.17, 15) is 4.79 Å². The van der Waals surface area contributed by atoms with Gasteiger partial charge in [0.05, 0.1) is 17.7 Å². The number of benzene rings is 3. The highest BCUT2D eigenvalue weighted by Crippen LogP contribution is 2.30. The summed E-state index contributed by atoms with van der Waals surface area (Å²) in [5.41, 5.74) is 4.38. The molecule has 204 valence electrons. The van der Waals surface area contributed by atoms with Crippen LogP contribution in [0.2, 0.25) is 5.02 Å². The minimum Gasteiger partial charge on any atom is -0.354 e. The zero-order valence-corrected chi connectivity index (χ0v) is 23.3. The van der Waals surface area contributed by atoms with Crippen LogP contribution in [0.25, 0.3) is 11.3 Å². The number of hydrogen-bond acceptors (Lipinski definition) is 5. The molecule has 0 spiro atoms. The van der Waals surface area contributed by atoms with Crippen LogP contribution in [-0.4, -0.2) is 65.2 Å². The van der Waals surface area contributed by atoms with Crippen molar-refractivity contribution in [1.82, 2.24) is 20.0 Å². The Morgan fingerprint density at radius 2 is 1.40 bits per heavy atom. The maximum atomic E-state index is 13.6. The molecule has 2 fully saturated rings. The van der Waals surface area contributed by atoms with E-state index in [4.69, 9.17) is 11.6 Å². The average molecular weight is 552 g/mol. The quantitative estimate of drug-likeness (QED) is 0.296. The molecule has 2 saturated heterocycles. The van der Waals surface area contributed by atoms with Crippen LogP contribution in [-0.2, 0) is 4.79 Å². The van der Waals surface area contributed by atoms with Crippen molar-refractivity contribution in [2.45, 2.75) is 18.9 Å². The van der Waals surface area contributed by atoms with Crippen molar-refractivity contribution in [3.8, 4) is 11.3 Å². The van der Waals surface area contributed by atoms with E-state index in [2.05, 4.69) is 85.6 Å². The first-order chi connectivity index (χ1) is 19.7. The number of anilines is 1. The maximum absolute atomic E-state index is 13.6. The summed E-state index contributed by atoms with van der Waals surface area (Å²) in [6, 6.07) is 33.2. The van der Waals surface area contributed by atoms with Crippen molar-refractivity contribution >= 4 is 23.3 Å². The standard InChI is InChI=1S/C33H34ClN5O/c34-29-15-13-25(14-16-29)30-17-18-31(36-35-30)39-19-7-12-28(24-39)33(40)38-22-20-37(21-23-38)32(26-8-3-1-4-9-26)27-10-5-2-6-11-27/h1-6,8-11,13-18,28,32H,7,12,19-24H2.